The molecule has 0 atom stereocenters. The maximum absolute atomic E-state index is 12.4. The van der Waals surface area contributed by atoms with E-state index >= 15 is 0 Å². The highest BCUT2D eigenvalue weighted by Gasteiger charge is 2.22. The molecule has 0 bridgehead atoms. The first-order valence-corrected chi connectivity index (χ1v) is 11.9. The second kappa shape index (κ2) is 13.7. The van der Waals surface area contributed by atoms with Crippen molar-refractivity contribution >= 4 is 17.6 Å². The van der Waals surface area contributed by atoms with E-state index in [1.165, 1.54) is 16.0 Å². The number of allylic oxidation sites excluding steroid dienone is 2. The van der Waals surface area contributed by atoms with E-state index in [9.17, 15) is 4.79 Å². The van der Waals surface area contributed by atoms with Gasteiger partial charge in [-0.25, -0.2) is 4.79 Å². The van der Waals surface area contributed by atoms with Gasteiger partial charge in [-0.15, -0.1) is 0 Å². The Morgan fingerprint density at radius 2 is 1.50 bits per heavy atom. The second-order valence-corrected chi connectivity index (χ2v) is 10.1. The average Bonchev–Trinajstić information content (AvgIpc) is 3.23. The Morgan fingerprint density at radius 1 is 1.03 bits per heavy atom. The van der Waals surface area contributed by atoms with Crippen LogP contribution in [-0.4, -0.2) is 35.9 Å². The Kier molecular flexibility index (Phi) is 12.6. The van der Waals surface area contributed by atoms with E-state index in [1.807, 2.05) is 47.6 Å². The molecule has 0 saturated heterocycles. The molecule has 190 valence electrons. The molecule has 34 heavy (non-hydrogen) atoms. The first-order valence-electron chi connectivity index (χ1n) is 11.9. The molecule has 0 fully saturated rings. The van der Waals surface area contributed by atoms with Crippen LogP contribution in [0.25, 0.3) is 0 Å². The summed E-state index contributed by atoms with van der Waals surface area (Å²) < 4.78 is 5.28. The van der Waals surface area contributed by atoms with Crippen LogP contribution in [-0.2, 0) is 5.41 Å². The van der Waals surface area contributed by atoms with Crippen molar-refractivity contribution in [2.24, 2.45) is 10.4 Å². The smallest absolute Gasteiger partial charge is 0.327 e. The minimum absolute atomic E-state index is 0.0823. The van der Waals surface area contributed by atoms with Crippen molar-refractivity contribution < 1.29 is 9.32 Å². The summed E-state index contributed by atoms with van der Waals surface area (Å²) in [4.78, 5) is 18.2. The molecule has 0 saturated carbocycles. The molecule has 1 N–H and O–H groups in total. The molecule has 6 heteroatoms. The number of carbonyl (C=O) groups excluding carboxylic acids is 1. The minimum Gasteiger partial charge on any atom is -0.359 e. The number of nitrogens with zero attached hydrogens (tertiary/aromatic N) is 3. The number of urea groups is 1. The summed E-state index contributed by atoms with van der Waals surface area (Å²) in [5.41, 5.74) is 4.14. The fraction of sp³-hybridized carbons (Fsp3) is 0.536. The lowest BCUT2D eigenvalue weighted by Crippen LogP contribution is -2.31. The van der Waals surface area contributed by atoms with Gasteiger partial charge in [-0.3, -0.25) is 10.3 Å². The van der Waals surface area contributed by atoms with Crippen LogP contribution in [0.3, 0.4) is 0 Å². The Hall–Kier alpha value is -2.89. The van der Waals surface area contributed by atoms with Gasteiger partial charge in [0, 0.05) is 42.4 Å². The van der Waals surface area contributed by atoms with Crippen LogP contribution in [0, 0.1) is 19.3 Å². The van der Waals surface area contributed by atoms with Crippen molar-refractivity contribution in [1.82, 2.24) is 10.1 Å². The molecular formula is C28H46N4O2. The summed E-state index contributed by atoms with van der Waals surface area (Å²) in [6.07, 6.45) is 1.92. The lowest BCUT2D eigenvalue weighted by atomic mass is 9.89. The fourth-order valence-corrected chi connectivity index (χ4v) is 2.59. The molecule has 1 aromatic heterocycles. The number of aromatic nitrogens is 1. The second-order valence-electron chi connectivity index (χ2n) is 10.1. The zero-order valence-electron chi connectivity index (χ0n) is 23.6. The van der Waals surface area contributed by atoms with Crippen molar-refractivity contribution in [1.29, 1.82) is 0 Å². The van der Waals surface area contributed by atoms with Crippen LogP contribution in [0.4, 0.5) is 10.6 Å². The summed E-state index contributed by atoms with van der Waals surface area (Å²) in [5.74, 6) is 1.13. The van der Waals surface area contributed by atoms with Crippen molar-refractivity contribution in [2.45, 2.75) is 81.6 Å². The molecule has 1 aromatic carbocycles. The molecule has 2 aromatic rings. The molecule has 2 rings (SSSR count). The Labute approximate surface area is 207 Å². The largest absolute Gasteiger partial charge is 0.359 e. The van der Waals surface area contributed by atoms with E-state index in [0.29, 0.717) is 5.82 Å². The Bertz CT molecular complexity index is 919. The van der Waals surface area contributed by atoms with Crippen LogP contribution in [0.2, 0.25) is 0 Å². The third kappa shape index (κ3) is 10.8. The van der Waals surface area contributed by atoms with E-state index in [0.717, 1.165) is 17.2 Å². The number of aryl methyl sites for hydroxylation is 2. The zero-order chi connectivity index (χ0) is 26.7. The van der Waals surface area contributed by atoms with E-state index in [-0.39, 0.29) is 16.9 Å². The first-order chi connectivity index (χ1) is 15.6. The summed E-state index contributed by atoms with van der Waals surface area (Å²) in [6, 6.07) is 9.95. The maximum atomic E-state index is 12.4. The molecule has 0 aliphatic rings. The highest BCUT2D eigenvalue weighted by Crippen LogP contribution is 2.24. The van der Waals surface area contributed by atoms with Crippen LogP contribution in [0.15, 0.2) is 51.6 Å². The van der Waals surface area contributed by atoms with Gasteiger partial charge >= 0.3 is 6.03 Å². The predicted molar refractivity (Wildman–Crippen MR) is 146 cm³/mol. The van der Waals surface area contributed by atoms with Crippen LogP contribution >= 0.6 is 0 Å². The van der Waals surface area contributed by atoms with Gasteiger partial charge in [-0.05, 0) is 26.8 Å². The number of anilines is 1. The van der Waals surface area contributed by atoms with Gasteiger partial charge in [-0.2, -0.15) is 0 Å². The lowest BCUT2D eigenvalue weighted by molar-refractivity contribution is 0.232. The van der Waals surface area contributed by atoms with E-state index in [1.54, 1.807) is 20.2 Å². The Morgan fingerprint density at radius 3 is 1.85 bits per heavy atom. The minimum atomic E-state index is -0.276. The third-order valence-electron chi connectivity index (χ3n) is 4.89. The molecule has 2 amide bonds. The molecule has 0 spiro atoms. The number of nitrogens with one attached hydrogen (secondary N) is 1. The predicted octanol–water partition coefficient (Wildman–Crippen LogP) is 7.79. The number of carbonyl (C=O) groups is 1. The van der Waals surface area contributed by atoms with Crippen LogP contribution < -0.4 is 5.32 Å². The summed E-state index contributed by atoms with van der Waals surface area (Å²) >= 11 is 0. The molecule has 6 nitrogen and oxygen atoms in total. The normalized spacial score (nSPS) is 12.1. The lowest BCUT2D eigenvalue weighted by Gasteiger charge is -2.22. The highest BCUT2D eigenvalue weighted by atomic mass is 16.5. The van der Waals surface area contributed by atoms with Gasteiger partial charge in [0.2, 0.25) is 0 Å². The van der Waals surface area contributed by atoms with Gasteiger partial charge in [0.25, 0.3) is 0 Å². The number of benzene rings is 1. The monoisotopic (exact) mass is 470 g/mol. The molecular weight excluding hydrogens is 424 g/mol. The summed E-state index contributed by atoms with van der Waals surface area (Å²) in [7, 11) is 3.47. The zero-order valence-corrected chi connectivity index (χ0v) is 23.6. The number of rotatable bonds is 3. The molecule has 1 heterocycles. The topological polar surface area (TPSA) is 70.7 Å². The van der Waals surface area contributed by atoms with Gasteiger partial charge in [0.15, 0.2) is 5.82 Å². The highest BCUT2D eigenvalue weighted by molar-refractivity contribution is 6.00. The van der Waals surface area contributed by atoms with E-state index in [2.05, 4.69) is 74.4 Å². The third-order valence-corrected chi connectivity index (χ3v) is 4.89. The number of hydrogen-bond acceptors (Lipinski definition) is 4. The van der Waals surface area contributed by atoms with Crippen molar-refractivity contribution in [3.05, 3.63) is 59.0 Å². The number of aliphatic imine (C=N–C) groups is 1. The van der Waals surface area contributed by atoms with E-state index < -0.39 is 0 Å². The van der Waals surface area contributed by atoms with Gasteiger partial charge in [0.1, 0.15) is 5.76 Å². The van der Waals surface area contributed by atoms with Crippen molar-refractivity contribution in [3.8, 4) is 0 Å². The fourth-order valence-electron chi connectivity index (χ4n) is 2.59. The molecule has 0 aliphatic heterocycles. The van der Waals surface area contributed by atoms with Gasteiger partial charge in [0.05, 0.1) is 0 Å². The van der Waals surface area contributed by atoms with Crippen LogP contribution in [0.1, 0.15) is 79.2 Å². The number of amides is 2. The SMILES string of the molecule is CC.CN=C(/C=C(\C)N(C)C(=O)Nc1cc(C(C)(C)C)on1)C(C)(C)C.Cc1ccc(C)cc1. The molecule has 0 radical (unpaired) electrons. The summed E-state index contributed by atoms with van der Waals surface area (Å²) in [6.45, 7) is 22.4. The standard InChI is InChI=1S/C18H30N4O2.C8H10.C2H6/c1-12(10-13(19-8)17(2,3)4)22(9)16(23)20-15-11-14(24-21-15)18(5,6)7;1-7-3-5-8(2)6-4-7;1-2/h10-11H,1-9H3,(H,20,21,23);3-6H,1-2H3;1-2H3/b12-10+,19-13?;;. The van der Waals surface area contributed by atoms with E-state index in [4.69, 9.17) is 4.52 Å². The quantitative estimate of drug-likeness (QED) is 0.465. The summed E-state index contributed by atoms with van der Waals surface area (Å²) in [5, 5.41) is 6.65. The molecule has 0 unspecified atom stereocenters. The maximum Gasteiger partial charge on any atom is 0.327 e. The van der Waals surface area contributed by atoms with Crippen molar-refractivity contribution in [3.63, 3.8) is 0 Å². The molecule has 0 aliphatic carbocycles. The van der Waals surface area contributed by atoms with Gasteiger partial charge in [-0.1, -0.05) is 95.9 Å². The van der Waals surface area contributed by atoms with Crippen LogP contribution in [0.5, 0.6) is 0 Å². The van der Waals surface area contributed by atoms with Gasteiger partial charge < -0.3 is 9.42 Å². The average molecular weight is 471 g/mol. The first kappa shape index (κ1) is 31.1. The van der Waals surface area contributed by atoms with Crippen molar-refractivity contribution in [2.75, 3.05) is 19.4 Å². The number of hydrogen-bond donors (Lipinski definition) is 1. The Balaban J connectivity index is 0.000000904.